The van der Waals surface area contributed by atoms with E-state index in [-0.39, 0.29) is 220 Å². The van der Waals surface area contributed by atoms with Gasteiger partial charge in [0.25, 0.3) is 6.47 Å². The molecule has 102 heavy (non-hydrogen) atoms. The van der Waals surface area contributed by atoms with Gasteiger partial charge in [-0.05, 0) is 151 Å². The third kappa shape index (κ3) is 38.3. The summed E-state index contributed by atoms with van der Waals surface area (Å²) in [4.78, 5) is 81.6. The summed E-state index contributed by atoms with van der Waals surface area (Å²) in [6.07, 6.45) is 2.16. The molecule has 0 saturated carbocycles. The number of benzene rings is 3. The Bertz CT molecular complexity index is 3720. The standard InChI is InChI=1S/C23H27FN4O6.C16H24FNO4.C9H8ClN3O2.C8H16ClNO2.C8H9FO2.CH2O3.CH4.ClH.2Cs.H/c1-14(33-19-8-9-28-20(26-19)17(13-25-28)21(29)30)16-12-15(24)6-7-18(16)32-11-10-27(5)22(31)34-23(2,3)4;1-11(19)13-10-12(17)6-7-14(13)21-9-8-18(5)15(20)22-16(2,3)4;1-2-15-9(14)6-5-11-13-4-3-7(10)12-8(6)13;1-8(2,3)12-7(11)10(4)6-5-9;1-5(10)7-4-6(9)2-3-8(7)11;2-1-4-3;;;;;/h6-9,12-14H,10-11H2,1-5H3,(H,29,30);6-7,10-11,19H,8-9H2,1-5H3;3-5H,2H2,1H3;5-6H2,1-4H3;2-5,10-11H,1H3;1,3H;1H4;1H;;;/q;;;;;;;;2*+1;-1/p-1/t;11-;;;5-;;;;;;/m.1..1....../s1. The normalized spacial score (nSPS) is 11.3. The Morgan fingerprint density at radius 2 is 1.04 bits per heavy atom. The molecule has 4 heterocycles. The molecule has 36 heteroatoms. The van der Waals surface area contributed by atoms with Crippen LogP contribution in [0.15, 0.2) is 91.5 Å². The number of halogens is 6. The zero-order chi connectivity index (χ0) is 74.4. The fourth-order valence-electron chi connectivity index (χ4n) is 7.32. The molecular formula is C66H91Cl3Cs2F3N9O19. The molecule has 0 aliphatic rings. The van der Waals surface area contributed by atoms with E-state index in [2.05, 4.69) is 25.1 Å². The second kappa shape index (κ2) is 49.7. The van der Waals surface area contributed by atoms with Crippen molar-refractivity contribution in [1.29, 1.82) is 0 Å². The summed E-state index contributed by atoms with van der Waals surface area (Å²) in [5.74, 6) is -1.71. The summed E-state index contributed by atoms with van der Waals surface area (Å²) in [7, 11) is 4.87. The Kier molecular flexibility index (Phi) is 49.3. The Labute approximate surface area is 726 Å². The Morgan fingerprint density at radius 1 is 0.647 bits per heavy atom. The van der Waals surface area contributed by atoms with Crippen LogP contribution in [0.5, 0.6) is 23.1 Å². The van der Waals surface area contributed by atoms with Gasteiger partial charge in [0.15, 0.2) is 11.3 Å². The fraction of sp³-hybridized carbons (Fsp3) is 0.455. The number of likely N-dealkylation sites (N-methyl/N-ethyl adjacent to an activating group) is 2. The molecule has 0 radical (unpaired) electrons. The molecule has 0 bridgehead atoms. The van der Waals surface area contributed by atoms with Crippen LogP contribution in [0.4, 0.5) is 27.6 Å². The number of carboxylic acids is 1. The molecule has 4 aromatic heterocycles. The van der Waals surface area contributed by atoms with Crippen molar-refractivity contribution in [3.05, 3.63) is 142 Å². The van der Waals surface area contributed by atoms with E-state index in [9.17, 15) is 47.4 Å². The number of alkyl halides is 1. The van der Waals surface area contributed by atoms with E-state index >= 15 is 0 Å². The molecule has 0 aliphatic heterocycles. The van der Waals surface area contributed by atoms with Crippen LogP contribution in [-0.4, -0.2) is 184 Å². The molecular weight excluding hydrogens is 1650 g/mol. The van der Waals surface area contributed by atoms with Crippen molar-refractivity contribution in [1.82, 2.24) is 43.9 Å². The minimum Gasteiger partial charge on any atom is -1.00 e. The Balaban J connectivity index is -0.000000617. The maximum Gasteiger partial charge on any atom is 1.00 e. The van der Waals surface area contributed by atoms with Crippen LogP contribution < -0.4 is 157 Å². The van der Waals surface area contributed by atoms with Gasteiger partial charge in [-0.1, -0.05) is 19.0 Å². The van der Waals surface area contributed by atoms with E-state index < -0.39 is 76.7 Å². The summed E-state index contributed by atoms with van der Waals surface area (Å²) in [5.41, 5.74) is 0.196. The van der Waals surface area contributed by atoms with Crippen molar-refractivity contribution < 1.29 is 245 Å². The zero-order valence-electron chi connectivity index (χ0n) is 60.7. The van der Waals surface area contributed by atoms with Crippen molar-refractivity contribution >= 4 is 83.6 Å². The molecule has 0 spiro atoms. The molecule has 0 saturated heterocycles. The van der Waals surface area contributed by atoms with Crippen molar-refractivity contribution in [3.63, 3.8) is 0 Å². The van der Waals surface area contributed by atoms with Gasteiger partial charge in [-0.3, -0.25) is 4.79 Å². The molecule has 4 N–H and O–H groups in total. The molecule has 7 aromatic rings. The number of esters is 1. The van der Waals surface area contributed by atoms with Crippen molar-refractivity contribution in [3.8, 4) is 23.1 Å². The van der Waals surface area contributed by atoms with Gasteiger partial charge in [0.2, 0.25) is 5.88 Å². The minimum atomic E-state index is -1.16. The van der Waals surface area contributed by atoms with E-state index in [0.29, 0.717) is 64.6 Å². The van der Waals surface area contributed by atoms with Crippen molar-refractivity contribution in [2.75, 3.05) is 66.5 Å². The van der Waals surface area contributed by atoms with Crippen LogP contribution >= 0.6 is 35.6 Å². The monoisotopic (exact) mass is 1740 g/mol. The van der Waals surface area contributed by atoms with Crippen molar-refractivity contribution in [2.24, 2.45) is 0 Å². The van der Waals surface area contributed by atoms with Crippen LogP contribution in [0.3, 0.4) is 0 Å². The number of carboxylic acid groups (broad SMARTS) is 1. The summed E-state index contributed by atoms with van der Waals surface area (Å²) in [6.45, 7) is 24.2. The van der Waals surface area contributed by atoms with Gasteiger partial charge in [0.1, 0.15) is 87.1 Å². The van der Waals surface area contributed by atoms with E-state index in [4.69, 9.17) is 76.6 Å². The molecule has 28 nitrogen and oxygen atoms in total. The first-order chi connectivity index (χ1) is 45.6. The second-order valence-electron chi connectivity index (χ2n) is 23.7. The van der Waals surface area contributed by atoms with Gasteiger partial charge < -0.3 is 79.9 Å². The number of amides is 3. The summed E-state index contributed by atoms with van der Waals surface area (Å²) in [6, 6.07) is 14.6. The van der Waals surface area contributed by atoms with Gasteiger partial charge in [-0.15, -0.1) is 24.0 Å². The van der Waals surface area contributed by atoms with Crippen LogP contribution in [-0.2, 0) is 28.6 Å². The number of aliphatic hydroxyl groups excluding tert-OH is 2. The number of phenolic OH excluding ortho intramolecular Hbond substituents is 1. The number of phenols is 1. The number of ether oxygens (including phenoxy) is 7. The Morgan fingerprint density at radius 3 is 1.44 bits per heavy atom. The molecule has 3 amide bonds. The first kappa shape index (κ1) is 101. The predicted octanol–water partition coefficient (Wildman–Crippen LogP) is 5.93. The predicted molar refractivity (Wildman–Crippen MR) is 366 cm³/mol. The molecule has 7 rings (SSSR count). The maximum absolute atomic E-state index is 14.0. The number of aromatic hydroxyl groups is 1. The van der Waals surface area contributed by atoms with Gasteiger partial charge in [-0.25, -0.2) is 51.2 Å². The Hall–Kier alpha value is -5.04. The van der Waals surface area contributed by atoms with Gasteiger partial charge in [-0.2, -0.15) is 15.2 Å². The smallest absolute Gasteiger partial charge is 1.00 e. The number of hydrogen-bond acceptors (Lipinski definition) is 22. The van der Waals surface area contributed by atoms with Crippen LogP contribution in [0.25, 0.3) is 11.3 Å². The van der Waals surface area contributed by atoms with Gasteiger partial charge in [0.05, 0.1) is 44.3 Å². The average molecular weight is 1740 g/mol. The first-order valence-electron chi connectivity index (χ1n) is 29.9. The van der Waals surface area contributed by atoms with Crippen LogP contribution in [0, 0.1) is 17.5 Å². The quantitative estimate of drug-likeness (QED) is 0.0139. The molecule has 3 atom stereocenters. The van der Waals surface area contributed by atoms with Crippen molar-refractivity contribution in [2.45, 2.75) is 133 Å². The zero-order valence-corrected chi connectivity index (χ0v) is 74.5. The number of aliphatic hydroxyl groups is 2. The van der Waals surface area contributed by atoms with Crippen LogP contribution in [0.1, 0.15) is 155 Å². The number of nitrogens with zero attached hydrogens (tertiary/aromatic N) is 9. The van der Waals surface area contributed by atoms with E-state index in [1.165, 1.54) is 105 Å². The largest absolute Gasteiger partial charge is 1.00 e. The number of hydrogen-bond donors (Lipinski definition) is 4. The second-order valence-corrected chi connectivity index (χ2v) is 24.4. The molecule has 3 aromatic carbocycles. The third-order valence-electron chi connectivity index (χ3n) is 11.9. The summed E-state index contributed by atoms with van der Waals surface area (Å²) >= 11 is 11.2. The molecule has 0 aliphatic carbocycles. The average Bonchev–Trinajstić information content (AvgIpc) is 1.70. The third-order valence-corrected chi connectivity index (χ3v) is 12.3. The first-order valence-corrected chi connectivity index (χ1v) is 30.8. The number of rotatable bonds is 19. The number of fused-ring (bicyclic) bond motifs is 2. The number of carbonyl (C=O) groups is 6. The van der Waals surface area contributed by atoms with Gasteiger partial charge >= 0.3 is 168 Å². The van der Waals surface area contributed by atoms with E-state index in [1.54, 1.807) is 88.8 Å². The van der Waals surface area contributed by atoms with E-state index in [1.807, 2.05) is 20.8 Å². The topological polar surface area (TPSA) is 350 Å². The summed E-state index contributed by atoms with van der Waals surface area (Å²) < 4.78 is 80.1. The molecule has 0 fully saturated rings. The molecule has 558 valence electrons. The number of carbonyl (C=O) groups excluding carboxylic acids is 5. The van der Waals surface area contributed by atoms with E-state index in [0.717, 1.165) is 12.1 Å². The van der Waals surface area contributed by atoms with Crippen LogP contribution in [0.2, 0.25) is 5.15 Å². The maximum atomic E-state index is 14.0. The SMILES string of the molecule is C.CC(Oc1ccn2ncc(C(=O)O)c2n1)c1cc(F)ccc1OCCN(C)C(=O)OC(C)(C)C.CCOC(=O)c1cnn2ccc(Cl)nc12.CN(CCCl)C(=O)OC(C)(C)C.C[C@@H](O)c1cc(F)ccc1O.C[C@@H](O)c1cc(F)ccc1OCCN(C)C(=O)OC(C)(C)C.Cl.O=CO[O-].[Cs+].[Cs+].[H-]. The molecule has 1 unspecified atom stereocenters. The van der Waals surface area contributed by atoms with Gasteiger partial charge in [0, 0.05) is 68.7 Å². The number of aromatic nitrogens is 6. The fourth-order valence-corrected chi connectivity index (χ4v) is 7.71. The number of aromatic carboxylic acids is 1. The minimum absolute atomic E-state index is 0. The summed E-state index contributed by atoms with van der Waals surface area (Å²) in [5, 5.41) is 53.6.